The molecular weight excluding hydrogens is 294 g/mol. The summed E-state index contributed by atoms with van der Waals surface area (Å²) in [5, 5.41) is 3.71. The highest BCUT2D eigenvalue weighted by Crippen LogP contribution is 2.49. The molecule has 23 heavy (non-hydrogen) atoms. The van der Waals surface area contributed by atoms with Gasteiger partial charge in [-0.1, -0.05) is 6.07 Å². The van der Waals surface area contributed by atoms with E-state index in [0.717, 1.165) is 24.5 Å². The molecule has 5 rings (SSSR count). The molecular formula is C18H23NO4. The molecule has 5 nitrogen and oxygen atoms in total. The predicted molar refractivity (Wildman–Crippen MR) is 83.6 cm³/mol. The topological polar surface area (TPSA) is 49.0 Å². The maximum atomic E-state index is 6.31. The van der Waals surface area contributed by atoms with Gasteiger partial charge in [-0.05, 0) is 56.8 Å². The number of rotatable bonds is 1. The van der Waals surface area contributed by atoms with Crippen molar-refractivity contribution in [3.63, 3.8) is 0 Å². The Labute approximate surface area is 136 Å². The fourth-order valence-corrected chi connectivity index (χ4v) is 4.84. The van der Waals surface area contributed by atoms with E-state index in [1.807, 2.05) is 19.9 Å². The molecule has 1 aromatic carbocycles. The Kier molecular flexibility index (Phi) is 2.97. The zero-order valence-electron chi connectivity index (χ0n) is 13.6. The second-order valence-electron chi connectivity index (χ2n) is 7.54. The lowest BCUT2D eigenvalue weighted by atomic mass is 9.71. The fourth-order valence-electron chi connectivity index (χ4n) is 4.84. The van der Waals surface area contributed by atoms with Gasteiger partial charge < -0.3 is 24.3 Å². The number of hydrogen-bond acceptors (Lipinski definition) is 5. The summed E-state index contributed by atoms with van der Waals surface area (Å²) in [6.45, 7) is 5.43. The van der Waals surface area contributed by atoms with Gasteiger partial charge in [0.25, 0.3) is 0 Å². The first-order valence-corrected chi connectivity index (χ1v) is 8.59. The van der Waals surface area contributed by atoms with E-state index in [0.29, 0.717) is 18.8 Å². The van der Waals surface area contributed by atoms with Gasteiger partial charge in [-0.25, -0.2) is 0 Å². The van der Waals surface area contributed by atoms with E-state index in [9.17, 15) is 0 Å². The molecule has 3 heterocycles. The SMILES string of the molecule is CC1(C)OC2C[C@H]3CCN[C@H]3[C@H](c3ccc4c(c3)OCO4)[C@H]2O1. The molecule has 1 aliphatic carbocycles. The van der Waals surface area contributed by atoms with Crippen molar-refractivity contribution in [1.82, 2.24) is 5.32 Å². The van der Waals surface area contributed by atoms with Crippen LogP contribution in [0.15, 0.2) is 18.2 Å². The summed E-state index contributed by atoms with van der Waals surface area (Å²) >= 11 is 0. The van der Waals surface area contributed by atoms with Crippen molar-refractivity contribution in [3.8, 4) is 11.5 Å². The molecule has 0 radical (unpaired) electrons. The smallest absolute Gasteiger partial charge is 0.231 e. The Morgan fingerprint density at radius 1 is 1.13 bits per heavy atom. The van der Waals surface area contributed by atoms with Crippen LogP contribution in [0.2, 0.25) is 0 Å². The van der Waals surface area contributed by atoms with Gasteiger partial charge in [0.05, 0.1) is 12.2 Å². The molecule has 0 aromatic heterocycles. The molecule has 0 amide bonds. The van der Waals surface area contributed by atoms with E-state index in [1.54, 1.807) is 0 Å². The van der Waals surface area contributed by atoms with Gasteiger partial charge in [0.1, 0.15) is 0 Å². The van der Waals surface area contributed by atoms with E-state index in [1.165, 1.54) is 12.0 Å². The van der Waals surface area contributed by atoms with E-state index in [-0.39, 0.29) is 18.1 Å². The van der Waals surface area contributed by atoms with Crippen molar-refractivity contribution in [1.29, 1.82) is 0 Å². The largest absolute Gasteiger partial charge is 0.454 e. The van der Waals surface area contributed by atoms with Crippen LogP contribution in [0.3, 0.4) is 0 Å². The zero-order chi connectivity index (χ0) is 15.6. The molecule has 0 bridgehead atoms. The van der Waals surface area contributed by atoms with Crippen LogP contribution in [0.4, 0.5) is 0 Å². The maximum Gasteiger partial charge on any atom is 0.231 e. The molecule has 1 saturated carbocycles. The van der Waals surface area contributed by atoms with Gasteiger partial charge in [-0.2, -0.15) is 0 Å². The molecule has 5 atom stereocenters. The van der Waals surface area contributed by atoms with E-state index in [2.05, 4.69) is 17.4 Å². The molecule has 3 fully saturated rings. The van der Waals surface area contributed by atoms with Gasteiger partial charge in [-0.15, -0.1) is 0 Å². The summed E-state index contributed by atoms with van der Waals surface area (Å²) in [5.74, 6) is 2.13. The van der Waals surface area contributed by atoms with Crippen molar-refractivity contribution in [2.45, 2.75) is 56.6 Å². The molecule has 1 unspecified atom stereocenters. The summed E-state index contributed by atoms with van der Waals surface area (Å²) in [6.07, 6.45) is 2.59. The second-order valence-corrected chi connectivity index (χ2v) is 7.54. The first-order chi connectivity index (χ1) is 11.1. The molecule has 2 saturated heterocycles. The van der Waals surface area contributed by atoms with Gasteiger partial charge in [0.15, 0.2) is 17.3 Å². The lowest BCUT2D eigenvalue weighted by Gasteiger charge is -2.40. The van der Waals surface area contributed by atoms with E-state index < -0.39 is 5.79 Å². The number of fused-ring (bicyclic) bond motifs is 3. The van der Waals surface area contributed by atoms with Crippen LogP contribution < -0.4 is 14.8 Å². The fraction of sp³-hybridized carbons (Fsp3) is 0.667. The molecule has 1 N–H and O–H groups in total. The van der Waals surface area contributed by atoms with Crippen LogP contribution in [0.25, 0.3) is 0 Å². The van der Waals surface area contributed by atoms with Crippen molar-refractivity contribution >= 4 is 0 Å². The van der Waals surface area contributed by atoms with Crippen LogP contribution in [-0.2, 0) is 9.47 Å². The first kappa shape index (κ1) is 14.1. The summed E-state index contributed by atoms with van der Waals surface area (Å²) in [7, 11) is 0. The van der Waals surface area contributed by atoms with E-state index >= 15 is 0 Å². The molecule has 3 aliphatic heterocycles. The summed E-state index contributed by atoms with van der Waals surface area (Å²) in [5.41, 5.74) is 1.26. The molecule has 124 valence electrons. The van der Waals surface area contributed by atoms with Crippen LogP contribution in [0, 0.1) is 5.92 Å². The summed E-state index contributed by atoms with van der Waals surface area (Å²) < 4.78 is 23.5. The highest BCUT2D eigenvalue weighted by atomic mass is 16.8. The van der Waals surface area contributed by atoms with Crippen molar-refractivity contribution in [2.24, 2.45) is 5.92 Å². The Morgan fingerprint density at radius 3 is 2.91 bits per heavy atom. The third kappa shape index (κ3) is 2.17. The number of benzene rings is 1. The second kappa shape index (κ2) is 4.85. The molecule has 1 aromatic rings. The number of ether oxygens (including phenoxy) is 4. The Balaban J connectivity index is 1.55. The number of nitrogens with one attached hydrogen (secondary N) is 1. The highest BCUT2D eigenvalue weighted by molar-refractivity contribution is 5.46. The summed E-state index contributed by atoms with van der Waals surface area (Å²) in [4.78, 5) is 0. The number of hydrogen-bond donors (Lipinski definition) is 1. The minimum Gasteiger partial charge on any atom is -0.454 e. The lowest BCUT2D eigenvalue weighted by molar-refractivity contribution is -0.147. The van der Waals surface area contributed by atoms with E-state index in [4.69, 9.17) is 18.9 Å². The van der Waals surface area contributed by atoms with Gasteiger partial charge in [0, 0.05) is 12.0 Å². The van der Waals surface area contributed by atoms with Gasteiger partial charge >= 0.3 is 0 Å². The maximum absolute atomic E-state index is 6.31. The molecule has 0 spiro atoms. The van der Waals surface area contributed by atoms with Crippen LogP contribution >= 0.6 is 0 Å². The highest BCUT2D eigenvalue weighted by Gasteiger charge is 2.54. The monoisotopic (exact) mass is 317 g/mol. The van der Waals surface area contributed by atoms with Gasteiger partial charge in [0.2, 0.25) is 6.79 Å². The minimum atomic E-state index is -0.497. The third-order valence-corrected chi connectivity index (χ3v) is 5.68. The normalized spacial score (nSPS) is 40.0. The lowest BCUT2D eigenvalue weighted by Crippen LogP contribution is -2.49. The first-order valence-electron chi connectivity index (χ1n) is 8.59. The Morgan fingerprint density at radius 2 is 2.00 bits per heavy atom. The summed E-state index contributed by atoms with van der Waals surface area (Å²) in [6, 6.07) is 6.76. The van der Waals surface area contributed by atoms with Crippen LogP contribution in [0.1, 0.15) is 38.2 Å². The van der Waals surface area contributed by atoms with Crippen molar-refractivity contribution in [2.75, 3.05) is 13.3 Å². The molecule has 5 heteroatoms. The minimum absolute atomic E-state index is 0.0946. The Hall–Kier alpha value is -1.30. The van der Waals surface area contributed by atoms with Crippen molar-refractivity contribution < 1.29 is 18.9 Å². The van der Waals surface area contributed by atoms with Crippen LogP contribution in [0.5, 0.6) is 11.5 Å². The molecule has 4 aliphatic rings. The van der Waals surface area contributed by atoms with Crippen LogP contribution in [-0.4, -0.2) is 37.4 Å². The average Bonchev–Trinajstić information content (AvgIpc) is 3.19. The van der Waals surface area contributed by atoms with Gasteiger partial charge in [-0.3, -0.25) is 0 Å². The standard InChI is InChI=1S/C18H23NO4/c1-18(2)22-14-8-11-5-6-19-16(11)15(17(14)23-18)10-3-4-12-13(7-10)21-9-20-12/h3-4,7,11,14-17,19H,5-6,8-9H2,1-2H3/t11-,14?,15+,16-,17+/m1/s1. The van der Waals surface area contributed by atoms with Crippen molar-refractivity contribution in [3.05, 3.63) is 23.8 Å². The quantitative estimate of drug-likeness (QED) is 0.862. The Bertz CT molecular complexity index is 631. The third-order valence-electron chi connectivity index (χ3n) is 5.68. The average molecular weight is 317 g/mol. The predicted octanol–water partition coefficient (Wildman–Crippen LogP) is 2.40. The zero-order valence-corrected chi connectivity index (χ0v) is 13.6.